The maximum atomic E-state index is 12.9. The highest BCUT2D eigenvalue weighted by Crippen LogP contribution is 2.29. The maximum absolute atomic E-state index is 12.9. The van der Waals surface area contributed by atoms with Crippen molar-refractivity contribution in [3.8, 4) is 5.69 Å². The van der Waals surface area contributed by atoms with E-state index in [1.807, 2.05) is 13.0 Å². The van der Waals surface area contributed by atoms with Gasteiger partial charge >= 0.3 is 5.97 Å². The van der Waals surface area contributed by atoms with Gasteiger partial charge in [0.05, 0.1) is 22.6 Å². The van der Waals surface area contributed by atoms with Crippen molar-refractivity contribution in [1.82, 2.24) is 9.78 Å². The van der Waals surface area contributed by atoms with Crippen LogP contribution >= 0.6 is 0 Å². The van der Waals surface area contributed by atoms with E-state index in [1.165, 1.54) is 11.8 Å². The largest absolute Gasteiger partial charge is 0.449 e. The first-order valence-corrected chi connectivity index (χ1v) is 9.46. The number of nitrogens with zero attached hydrogens (tertiary/aromatic N) is 3. The van der Waals surface area contributed by atoms with E-state index < -0.39 is 18.0 Å². The molecule has 1 aromatic heterocycles. The Hall–Kier alpha value is -3.94. The molecule has 1 aliphatic heterocycles. The van der Waals surface area contributed by atoms with Gasteiger partial charge in [-0.25, -0.2) is 9.48 Å². The zero-order valence-corrected chi connectivity index (χ0v) is 16.5. The molecule has 30 heavy (non-hydrogen) atoms. The Bertz CT molecular complexity index is 1120. The van der Waals surface area contributed by atoms with Gasteiger partial charge in [0.1, 0.15) is 6.54 Å². The van der Waals surface area contributed by atoms with Crippen LogP contribution in [0.4, 0.5) is 11.4 Å². The molecular formula is C22H20N4O4. The summed E-state index contributed by atoms with van der Waals surface area (Å²) < 4.78 is 7.12. The van der Waals surface area contributed by atoms with Crippen molar-refractivity contribution in [3.05, 3.63) is 72.1 Å². The van der Waals surface area contributed by atoms with E-state index in [0.29, 0.717) is 16.9 Å². The normalized spacial score (nSPS) is 13.9. The summed E-state index contributed by atoms with van der Waals surface area (Å²) in [6.45, 7) is 3.30. The first-order valence-electron chi connectivity index (χ1n) is 9.46. The number of esters is 1. The van der Waals surface area contributed by atoms with Gasteiger partial charge in [0, 0.05) is 11.9 Å². The monoisotopic (exact) mass is 404 g/mol. The van der Waals surface area contributed by atoms with Crippen LogP contribution in [0.25, 0.3) is 5.69 Å². The van der Waals surface area contributed by atoms with Crippen molar-refractivity contribution >= 4 is 29.2 Å². The average Bonchev–Trinajstić information content (AvgIpc) is 3.18. The molecule has 8 nitrogen and oxygen atoms in total. The number of carbonyl (C=O) groups excluding carboxylic acids is 3. The number of rotatable bonds is 4. The molecule has 0 spiro atoms. The summed E-state index contributed by atoms with van der Waals surface area (Å²) in [5.74, 6) is -1.38. The van der Waals surface area contributed by atoms with Crippen LogP contribution in [0.2, 0.25) is 0 Å². The van der Waals surface area contributed by atoms with Crippen molar-refractivity contribution in [1.29, 1.82) is 0 Å². The zero-order chi connectivity index (χ0) is 21.3. The van der Waals surface area contributed by atoms with Gasteiger partial charge in [0.2, 0.25) is 5.91 Å². The molecule has 0 fully saturated rings. The lowest BCUT2D eigenvalue weighted by molar-refractivity contribution is -0.128. The Kier molecular flexibility index (Phi) is 5.05. The number of hydrogen-bond acceptors (Lipinski definition) is 5. The van der Waals surface area contributed by atoms with Gasteiger partial charge in [-0.3, -0.25) is 14.5 Å². The molecule has 0 aliphatic carbocycles. The summed E-state index contributed by atoms with van der Waals surface area (Å²) >= 11 is 0. The number of amides is 2. The molecule has 1 atom stereocenters. The molecule has 1 aliphatic rings. The molecule has 3 aromatic rings. The summed E-state index contributed by atoms with van der Waals surface area (Å²) in [7, 11) is 0. The number of anilines is 2. The summed E-state index contributed by atoms with van der Waals surface area (Å²) in [5, 5.41) is 6.95. The quantitative estimate of drug-likeness (QED) is 0.675. The van der Waals surface area contributed by atoms with Crippen molar-refractivity contribution < 1.29 is 19.1 Å². The number of para-hydroxylation sites is 2. The zero-order valence-electron chi connectivity index (χ0n) is 16.5. The highest BCUT2D eigenvalue weighted by Gasteiger charge is 2.31. The van der Waals surface area contributed by atoms with E-state index in [9.17, 15) is 14.4 Å². The highest BCUT2D eigenvalue weighted by molar-refractivity contribution is 6.11. The number of fused-ring (bicyclic) bond motifs is 1. The molecule has 0 saturated carbocycles. The van der Waals surface area contributed by atoms with E-state index in [2.05, 4.69) is 10.4 Å². The maximum Gasteiger partial charge on any atom is 0.338 e. The van der Waals surface area contributed by atoms with Gasteiger partial charge in [-0.05, 0) is 56.3 Å². The van der Waals surface area contributed by atoms with Crippen LogP contribution in [0.5, 0.6) is 0 Å². The Labute approximate surface area is 173 Å². The van der Waals surface area contributed by atoms with Crippen LogP contribution < -0.4 is 10.2 Å². The Morgan fingerprint density at radius 3 is 2.53 bits per heavy atom. The van der Waals surface area contributed by atoms with Crippen molar-refractivity contribution in [2.75, 3.05) is 16.8 Å². The number of carbonyl (C=O) groups is 3. The predicted octanol–water partition coefficient (Wildman–Crippen LogP) is 2.71. The topological polar surface area (TPSA) is 93.5 Å². The lowest BCUT2D eigenvalue weighted by Gasteiger charge is -2.30. The van der Waals surface area contributed by atoms with Gasteiger partial charge in [-0.2, -0.15) is 5.10 Å². The van der Waals surface area contributed by atoms with E-state index in [0.717, 1.165) is 11.4 Å². The summed E-state index contributed by atoms with van der Waals surface area (Å²) in [6.07, 6.45) is 0.647. The van der Waals surface area contributed by atoms with Crippen LogP contribution in [-0.4, -0.2) is 40.2 Å². The summed E-state index contributed by atoms with van der Waals surface area (Å²) in [4.78, 5) is 38.7. The smallest absolute Gasteiger partial charge is 0.338 e. The molecule has 4 rings (SSSR count). The fraction of sp³-hybridized carbons (Fsp3) is 0.182. The molecular weight excluding hydrogens is 384 g/mol. The lowest BCUT2D eigenvalue weighted by atomic mass is 10.1. The Morgan fingerprint density at radius 2 is 1.83 bits per heavy atom. The standard InChI is InChI=1S/C22H20N4O4/c1-14-11-12-23-26(14)17-9-7-16(8-10-17)22(29)30-15(2)21(28)25-13-20(27)24-18-5-3-4-6-19(18)25/h3-12,15H,13H2,1-2H3,(H,24,27)/t15-/m0/s1. The summed E-state index contributed by atoms with van der Waals surface area (Å²) in [5.41, 5.74) is 3.22. The van der Waals surface area contributed by atoms with E-state index in [-0.39, 0.29) is 12.5 Å². The molecule has 152 valence electrons. The minimum Gasteiger partial charge on any atom is -0.449 e. The SMILES string of the molecule is Cc1ccnn1-c1ccc(C(=O)O[C@@H](C)C(=O)N2CC(=O)Nc3ccccc32)cc1. The van der Waals surface area contributed by atoms with Gasteiger partial charge in [-0.1, -0.05) is 12.1 Å². The molecule has 0 radical (unpaired) electrons. The van der Waals surface area contributed by atoms with Crippen molar-refractivity contribution in [2.24, 2.45) is 0 Å². The van der Waals surface area contributed by atoms with E-state index in [1.54, 1.807) is 59.4 Å². The fourth-order valence-electron chi connectivity index (χ4n) is 3.31. The molecule has 1 N–H and O–H groups in total. The second-order valence-corrected chi connectivity index (χ2v) is 6.97. The van der Waals surface area contributed by atoms with Crippen molar-refractivity contribution in [3.63, 3.8) is 0 Å². The number of benzene rings is 2. The van der Waals surface area contributed by atoms with Crippen molar-refractivity contribution in [2.45, 2.75) is 20.0 Å². The number of aryl methyl sites for hydroxylation is 1. The van der Waals surface area contributed by atoms with Gasteiger partial charge < -0.3 is 10.1 Å². The van der Waals surface area contributed by atoms with Crippen LogP contribution in [0, 0.1) is 6.92 Å². The molecule has 2 aromatic carbocycles. The Morgan fingerprint density at radius 1 is 1.10 bits per heavy atom. The number of hydrogen-bond donors (Lipinski definition) is 1. The minimum absolute atomic E-state index is 0.129. The van der Waals surface area contributed by atoms with Gasteiger partial charge in [-0.15, -0.1) is 0 Å². The van der Waals surface area contributed by atoms with Crippen LogP contribution in [0.15, 0.2) is 60.8 Å². The second-order valence-electron chi connectivity index (χ2n) is 6.97. The predicted molar refractivity (Wildman–Crippen MR) is 111 cm³/mol. The van der Waals surface area contributed by atoms with E-state index in [4.69, 9.17) is 4.74 Å². The van der Waals surface area contributed by atoms with Crippen LogP contribution in [0.3, 0.4) is 0 Å². The summed E-state index contributed by atoms with van der Waals surface area (Å²) in [6, 6.07) is 15.6. The number of nitrogens with one attached hydrogen (secondary N) is 1. The van der Waals surface area contributed by atoms with Gasteiger partial charge in [0.25, 0.3) is 5.91 Å². The minimum atomic E-state index is -1.05. The highest BCUT2D eigenvalue weighted by atomic mass is 16.5. The third-order valence-corrected chi connectivity index (χ3v) is 4.85. The Balaban J connectivity index is 1.47. The molecule has 0 unspecified atom stereocenters. The second kappa shape index (κ2) is 7.82. The molecule has 2 amide bonds. The third-order valence-electron chi connectivity index (χ3n) is 4.85. The van der Waals surface area contributed by atoms with Crippen LogP contribution in [0.1, 0.15) is 23.0 Å². The molecule has 8 heteroatoms. The molecule has 2 heterocycles. The number of aromatic nitrogens is 2. The lowest BCUT2D eigenvalue weighted by Crippen LogP contribution is -2.47. The molecule has 0 saturated heterocycles. The third kappa shape index (κ3) is 3.67. The average molecular weight is 404 g/mol. The fourth-order valence-corrected chi connectivity index (χ4v) is 3.31. The van der Waals surface area contributed by atoms with E-state index >= 15 is 0 Å². The van der Waals surface area contributed by atoms with Crippen LogP contribution in [-0.2, 0) is 14.3 Å². The van der Waals surface area contributed by atoms with Gasteiger partial charge in [0.15, 0.2) is 6.10 Å². The first-order chi connectivity index (χ1) is 14.4. The molecule has 0 bridgehead atoms. The first kappa shape index (κ1) is 19.4. The number of ether oxygens (including phenoxy) is 1.